The molecule has 2 heterocycles. The van der Waals surface area contributed by atoms with Gasteiger partial charge in [0.1, 0.15) is 0 Å². The van der Waals surface area contributed by atoms with E-state index in [2.05, 4.69) is 17.3 Å². The first-order valence-corrected chi connectivity index (χ1v) is 6.95. The van der Waals surface area contributed by atoms with Crippen LogP contribution in [-0.4, -0.2) is 65.7 Å². The van der Waals surface area contributed by atoms with Crippen molar-refractivity contribution in [3.05, 3.63) is 0 Å². The lowest BCUT2D eigenvalue weighted by atomic mass is 9.91. The maximum absolute atomic E-state index is 11.9. The Balaban J connectivity index is 1.93. The smallest absolute Gasteiger partial charge is 0.318 e. The Hall–Kier alpha value is -1.30. The van der Waals surface area contributed by atoms with Crippen LogP contribution in [0.15, 0.2) is 0 Å². The van der Waals surface area contributed by atoms with Gasteiger partial charge in [0.25, 0.3) is 0 Å². The Labute approximate surface area is 113 Å². The first-order valence-electron chi connectivity index (χ1n) is 6.95. The summed E-state index contributed by atoms with van der Waals surface area (Å²) < 4.78 is 0. The highest BCUT2D eigenvalue weighted by Gasteiger charge is 2.37. The summed E-state index contributed by atoms with van der Waals surface area (Å²) >= 11 is 0. The molecule has 0 radical (unpaired) electrons. The Morgan fingerprint density at radius 1 is 1.53 bits per heavy atom. The van der Waals surface area contributed by atoms with E-state index in [1.165, 1.54) is 0 Å². The summed E-state index contributed by atoms with van der Waals surface area (Å²) in [7, 11) is 2.10. The van der Waals surface area contributed by atoms with E-state index in [1.54, 1.807) is 11.8 Å². The minimum absolute atomic E-state index is 0.00467. The van der Waals surface area contributed by atoms with E-state index in [9.17, 15) is 9.59 Å². The highest BCUT2D eigenvalue weighted by molar-refractivity contribution is 5.78. The number of nitrogens with zero attached hydrogens (tertiary/aromatic N) is 2. The van der Waals surface area contributed by atoms with E-state index < -0.39 is 5.97 Å². The molecule has 0 aromatic rings. The molecule has 2 N–H and O–H groups in total. The summed E-state index contributed by atoms with van der Waals surface area (Å²) in [5, 5.41) is 11.8. The molecule has 3 atom stereocenters. The van der Waals surface area contributed by atoms with Crippen molar-refractivity contribution in [2.45, 2.75) is 38.3 Å². The first kappa shape index (κ1) is 14.1. The third-order valence-electron chi connectivity index (χ3n) is 4.20. The van der Waals surface area contributed by atoms with Crippen LogP contribution in [-0.2, 0) is 4.79 Å². The largest absolute Gasteiger partial charge is 0.481 e. The molecular weight excluding hydrogens is 246 g/mol. The molecule has 3 unspecified atom stereocenters. The third kappa shape index (κ3) is 3.37. The van der Waals surface area contributed by atoms with Crippen LogP contribution in [0.4, 0.5) is 4.79 Å². The fourth-order valence-electron chi connectivity index (χ4n) is 3.13. The predicted molar refractivity (Wildman–Crippen MR) is 71.0 cm³/mol. The van der Waals surface area contributed by atoms with Gasteiger partial charge in [-0.25, -0.2) is 4.79 Å². The van der Waals surface area contributed by atoms with Gasteiger partial charge in [-0.15, -0.1) is 0 Å². The van der Waals surface area contributed by atoms with E-state index in [-0.39, 0.29) is 24.5 Å². The fraction of sp³-hybridized carbons (Fsp3) is 0.846. The van der Waals surface area contributed by atoms with Gasteiger partial charge in [-0.3, -0.25) is 4.79 Å². The zero-order valence-corrected chi connectivity index (χ0v) is 11.6. The van der Waals surface area contributed by atoms with Gasteiger partial charge in [-0.05, 0) is 39.3 Å². The van der Waals surface area contributed by atoms with Crippen molar-refractivity contribution in [1.82, 2.24) is 15.1 Å². The monoisotopic (exact) mass is 269 g/mol. The van der Waals surface area contributed by atoms with Gasteiger partial charge >= 0.3 is 12.0 Å². The number of aliphatic carboxylic acids is 1. The highest BCUT2D eigenvalue weighted by Crippen LogP contribution is 2.23. The van der Waals surface area contributed by atoms with Crippen molar-refractivity contribution in [3.63, 3.8) is 0 Å². The molecule has 0 aliphatic carbocycles. The third-order valence-corrected chi connectivity index (χ3v) is 4.20. The van der Waals surface area contributed by atoms with Crippen molar-refractivity contribution >= 4 is 12.0 Å². The summed E-state index contributed by atoms with van der Waals surface area (Å²) in [6.07, 6.45) is 2.30. The molecular formula is C13H23N3O3. The Morgan fingerprint density at radius 3 is 2.89 bits per heavy atom. The number of piperidine rings is 1. The Kier molecular flexibility index (Phi) is 4.29. The van der Waals surface area contributed by atoms with Gasteiger partial charge in [0.05, 0.1) is 12.5 Å². The van der Waals surface area contributed by atoms with E-state index >= 15 is 0 Å². The first-order chi connectivity index (χ1) is 8.97. The molecule has 19 heavy (non-hydrogen) atoms. The van der Waals surface area contributed by atoms with Crippen LogP contribution in [0.1, 0.15) is 26.2 Å². The molecule has 2 aliphatic rings. The maximum atomic E-state index is 11.9. The van der Waals surface area contributed by atoms with Crippen LogP contribution >= 0.6 is 0 Å². The van der Waals surface area contributed by atoms with Gasteiger partial charge in [0.2, 0.25) is 0 Å². The minimum atomic E-state index is -0.860. The van der Waals surface area contributed by atoms with Crippen molar-refractivity contribution < 1.29 is 14.7 Å². The average molecular weight is 269 g/mol. The molecule has 0 spiro atoms. The summed E-state index contributed by atoms with van der Waals surface area (Å²) in [5.74, 6) is -0.383. The lowest BCUT2D eigenvalue weighted by Gasteiger charge is -2.33. The molecule has 6 nitrogen and oxygen atoms in total. The number of amides is 2. The summed E-state index contributed by atoms with van der Waals surface area (Å²) in [6, 6.07) is -0.206. The van der Waals surface area contributed by atoms with Crippen molar-refractivity contribution in [2.75, 3.05) is 26.7 Å². The fourth-order valence-corrected chi connectivity index (χ4v) is 3.13. The molecule has 108 valence electrons. The number of urea groups is 1. The van der Waals surface area contributed by atoms with Gasteiger partial charge in [-0.1, -0.05) is 0 Å². The molecule has 6 heteroatoms. The summed E-state index contributed by atoms with van der Waals surface area (Å²) in [5.41, 5.74) is 0. The molecule has 2 aliphatic heterocycles. The van der Waals surface area contributed by atoms with E-state index in [0.29, 0.717) is 12.5 Å². The van der Waals surface area contributed by atoms with E-state index in [0.717, 1.165) is 25.9 Å². The number of likely N-dealkylation sites (tertiary alicyclic amines) is 1. The number of carboxylic acids is 1. The zero-order valence-electron chi connectivity index (χ0n) is 11.6. The second-order valence-electron chi connectivity index (χ2n) is 5.82. The van der Waals surface area contributed by atoms with Gasteiger partial charge < -0.3 is 20.2 Å². The highest BCUT2D eigenvalue weighted by atomic mass is 16.4. The Bertz CT molecular complexity index is 361. The zero-order chi connectivity index (χ0) is 14.0. The van der Waals surface area contributed by atoms with Crippen LogP contribution in [0, 0.1) is 5.92 Å². The predicted octanol–water partition coefficient (Wildman–Crippen LogP) is 0.585. The standard InChI is InChI=1S/C13H23N3O3/c1-9(6-12(17)18)16-8-11(14-13(16)19)10-4-3-5-15(2)7-10/h9-11H,3-8H2,1-2H3,(H,14,19)(H,17,18). The minimum Gasteiger partial charge on any atom is -0.481 e. The molecule has 2 fully saturated rings. The number of nitrogens with one attached hydrogen (secondary N) is 1. The summed E-state index contributed by atoms with van der Waals surface area (Å²) in [6.45, 7) is 4.55. The van der Waals surface area contributed by atoms with Gasteiger partial charge in [-0.2, -0.15) is 0 Å². The van der Waals surface area contributed by atoms with Crippen molar-refractivity contribution in [3.8, 4) is 0 Å². The lowest BCUT2D eigenvalue weighted by Crippen LogP contribution is -2.43. The van der Waals surface area contributed by atoms with Crippen LogP contribution < -0.4 is 5.32 Å². The normalized spacial score (nSPS) is 30.2. The average Bonchev–Trinajstić information content (AvgIpc) is 2.70. The molecule has 0 saturated carbocycles. The Morgan fingerprint density at radius 2 is 2.26 bits per heavy atom. The van der Waals surface area contributed by atoms with Crippen molar-refractivity contribution in [1.29, 1.82) is 0 Å². The number of hydrogen-bond donors (Lipinski definition) is 2. The topological polar surface area (TPSA) is 72.9 Å². The molecule has 0 aromatic heterocycles. The number of hydrogen-bond acceptors (Lipinski definition) is 3. The molecule has 0 aromatic carbocycles. The molecule has 0 bridgehead atoms. The maximum Gasteiger partial charge on any atom is 0.318 e. The van der Waals surface area contributed by atoms with Crippen molar-refractivity contribution in [2.24, 2.45) is 5.92 Å². The van der Waals surface area contributed by atoms with E-state index in [1.807, 2.05) is 0 Å². The second-order valence-corrected chi connectivity index (χ2v) is 5.82. The lowest BCUT2D eigenvalue weighted by molar-refractivity contribution is -0.137. The van der Waals surface area contributed by atoms with Crippen LogP contribution in [0.3, 0.4) is 0 Å². The molecule has 2 rings (SSSR count). The van der Waals surface area contributed by atoms with Crippen LogP contribution in [0.2, 0.25) is 0 Å². The number of carbonyl (C=O) groups excluding carboxylic acids is 1. The second kappa shape index (κ2) is 5.77. The van der Waals surface area contributed by atoms with Gasteiger partial charge in [0, 0.05) is 19.1 Å². The molecule has 2 saturated heterocycles. The SMILES string of the molecule is CC(CC(=O)O)N1CC(C2CCCN(C)C2)NC1=O. The van der Waals surface area contributed by atoms with Crippen LogP contribution in [0.5, 0.6) is 0 Å². The van der Waals surface area contributed by atoms with Crippen LogP contribution in [0.25, 0.3) is 0 Å². The number of carbonyl (C=O) groups is 2. The summed E-state index contributed by atoms with van der Waals surface area (Å²) in [4.78, 5) is 26.6. The quantitative estimate of drug-likeness (QED) is 0.783. The number of carboxylic acid groups (broad SMARTS) is 1. The molecule has 2 amide bonds. The number of rotatable bonds is 4. The van der Waals surface area contributed by atoms with E-state index in [4.69, 9.17) is 5.11 Å². The van der Waals surface area contributed by atoms with Gasteiger partial charge in [0.15, 0.2) is 0 Å².